The Morgan fingerprint density at radius 1 is 1.22 bits per heavy atom. The highest BCUT2D eigenvalue weighted by atomic mass is 32.1. The second kappa shape index (κ2) is 5.27. The van der Waals surface area contributed by atoms with E-state index in [9.17, 15) is 4.79 Å². The van der Waals surface area contributed by atoms with Gasteiger partial charge in [-0.3, -0.25) is 0 Å². The molecular weight excluding hydrogens is 252 g/mol. The monoisotopic (exact) mass is 266 g/mol. The molecule has 18 heavy (non-hydrogen) atoms. The van der Waals surface area contributed by atoms with Crippen LogP contribution in [0.4, 0.5) is 0 Å². The third-order valence-electron chi connectivity index (χ3n) is 2.51. The van der Waals surface area contributed by atoms with Gasteiger partial charge in [-0.05, 0) is 19.1 Å². The minimum Gasteiger partial charge on any atom is -0.497 e. The summed E-state index contributed by atoms with van der Waals surface area (Å²) in [5.41, 5.74) is 0. The number of rotatable bonds is 4. The van der Waals surface area contributed by atoms with Gasteiger partial charge >= 0.3 is 5.97 Å². The number of hydrogen-bond donors (Lipinski definition) is 0. The first-order valence-electron chi connectivity index (χ1n) is 5.52. The normalized spacial score (nSPS) is 10.4. The summed E-state index contributed by atoms with van der Waals surface area (Å²) < 4.78 is 16.4. The van der Waals surface area contributed by atoms with E-state index in [1.807, 2.05) is 6.07 Å². The van der Waals surface area contributed by atoms with Crippen LogP contribution in [0.3, 0.4) is 0 Å². The van der Waals surface area contributed by atoms with Gasteiger partial charge in [0.2, 0.25) is 0 Å². The molecule has 0 aliphatic rings. The highest BCUT2D eigenvalue weighted by Gasteiger charge is 2.14. The summed E-state index contributed by atoms with van der Waals surface area (Å²) in [7, 11) is 3.19. The van der Waals surface area contributed by atoms with Crippen LogP contribution in [0, 0.1) is 0 Å². The van der Waals surface area contributed by atoms with Crippen molar-refractivity contribution in [2.45, 2.75) is 6.92 Å². The molecule has 0 amide bonds. The predicted molar refractivity (Wildman–Crippen MR) is 70.9 cm³/mol. The summed E-state index contributed by atoms with van der Waals surface area (Å²) in [5, 5.41) is 0.895. The van der Waals surface area contributed by atoms with Gasteiger partial charge in [0.25, 0.3) is 0 Å². The first-order valence-corrected chi connectivity index (χ1v) is 6.34. The van der Waals surface area contributed by atoms with Crippen molar-refractivity contribution in [3.63, 3.8) is 0 Å². The fourth-order valence-corrected chi connectivity index (χ4v) is 2.67. The summed E-state index contributed by atoms with van der Waals surface area (Å²) in [4.78, 5) is 12.3. The first kappa shape index (κ1) is 12.7. The van der Waals surface area contributed by atoms with Gasteiger partial charge < -0.3 is 14.2 Å². The number of fused-ring (bicyclic) bond motifs is 1. The highest BCUT2D eigenvalue weighted by Crippen LogP contribution is 2.36. The molecule has 0 saturated carbocycles. The smallest absolute Gasteiger partial charge is 0.348 e. The van der Waals surface area contributed by atoms with Crippen molar-refractivity contribution in [1.82, 2.24) is 0 Å². The summed E-state index contributed by atoms with van der Waals surface area (Å²) in [5.74, 6) is 1.09. The molecule has 1 aromatic heterocycles. The molecule has 1 heterocycles. The molecule has 0 saturated heterocycles. The van der Waals surface area contributed by atoms with Crippen molar-refractivity contribution < 1.29 is 19.0 Å². The van der Waals surface area contributed by atoms with Crippen LogP contribution in [0.15, 0.2) is 18.2 Å². The summed E-state index contributed by atoms with van der Waals surface area (Å²) in [6.45, 7) is 2.16. The van der Waals surface area contributed by atoms with E-state index < -0.39 is 0 Å². The van der Waals surface area contributed by atoms with E-state index >= 15 is 0 Å². The number of carbonyl (C=O) groups is 1. The van der Waals surface area contributed by atoms with Gasteiger partial charge in [-0.15, -0.1) is 11.3 Å². The number of methoxy groups -OCH3 is 2. The Kier molecular flexibility index (Phi) is 3.72. The van der Waals surface area contributed by atoms with Crippen LogP contribution in [0.25, 0.3) is 10.1 Å². The van der Waals surface area contributed by atoms with E-state index in [1.165, 1.54) is 11.3 Å². The number of esters is 1. The first-order chi connectivity index (χ1) is 8.69. The molecule has 0 N–H and O–H groups in total. The quantitative estimate of drug-likeness (QED) is 0.798. The molecule has 0 atom stereocenters. The van der Waals surface area contributed by atoms with Crippen molar-refractivity contribution >= 4 is 27.4 Å². The van der Waals surface area contributed by atoms with E-state index in [1.54, 1.807) is 33.3 Å². The third-order valence-corrected chi connectivity index (χ3v) is 3.57. The molecular formula is C13H14O4S. The van der Waals surface area contributed by atoms with Crippen molar-refractivity contribution in [3.05, 3.63) is 23.1 Å². The van der Waals surface area contributed by atoms with Crippen LogP contribution in [0.5, 0.6) is 11.5 Å². The minimum absolute atomic E-state index is 0.306. The van der Waals surface area contributed by atoms with Crippen LogP contribution >= 0.6 is 11.3 Å². The van der Waals surface area contributed by atoms with E-state index in [4.69, 9.17) is 14.2 Å². The minimum atomic E-state index is -0.306. The average molecular weight is 266 g/mol. The van der Waals surface area contributed by atoms with Gasteiger partial charge in [-0.1, -0.05) is 0 Å². The zero-order valence-electron chi connectivity index (χ0n) is 10.5. The van der Waals surface area contributed by atoms with Crippen LogP contribution in [-0.2, 0) is 4.74 Å². The van der Waals surface area contributed by atoms with Crippen molar-refractivity contribution in [2.24, 2.45) is 0 Å². The van der Waals surface area contributed by atoms with Crippen LogP contribution in [0.1, 0.15) is 16.6 Å². The van der Waals surface area contributed by atoms with E-state index in [0.29, 0.717) is 23.0 Å². The molecule has 0 spiro atoms. The second-order valence-corrected chi connectivity index (χ2v) is 4.66. The number of benzene rings is 1. The van der Waals surface area contributed by atoms with Crippen molar-refractivity contribution in [2.75, 3.05) is 20.8 Å². The zero-order chi connectivity index (χ0) is 13.1. The van der Waals surface area contributed by atoms with Gasteiger partial charge in [0, 0.05) is 16.2 Å². The van der Waals surface area contributed by atoms with Crippen LogP contribution < -0.4 is 9.47 Å². The molecule has 0 unspecified atom stereocenters. The Balaban J connectivity index is 2.52. The molecule has 5 heteroatoms. The molecule has 2 rings (SSSR count). The molecule has 0 aliphatic heterocycles. The molecule has 0 radical (unpaired) electrons. The molecule has 0 bridgehead atoms. The number of ether oxygens (including phenoxy) is 3. The van der Waals surface area contributed by atoms with Gasteiger partial charge in [0.15, 0.2) is 0 Å². The fraction of sp³-hybridized carbons (Fsp3) is 0.308. The third kappa shape index (κ3) is 2.26. The Morgan fingerprint density at radius 3 is 2.61 bits per heavy atom. The van der Waals surface area contributed by atoms with Crippen molar-refractivity contribution in [1.29, 1.82) is 0 Å². The summed E-state index contributed by atoms with van der Waals surface area (Å²) in [6, 6.07) is 5.46. The molecule has 1 aromatic carbocycles. The maximum absolute atomic E-state index is 11.7. The molecule has 96 valence electrons. The SMILES string of the molecule is CCOC(=O)c1cc2c(OC)cc(OC)cc2s1. The average Bonchev–Trinajstić information content (AvgIpc) is 2.81. The zero-order valence-corrected chi connectivity index (χ0v) is 11.3. The highest BCUT2D eigenvalue weighted by molar-refractivity contribution is 7.20. The molecule has 2 aromatic rings. The number of hydrogen-bond acceptors (Lipinski definition) is 5. The largest absolute Gasteiger partial charge is 0.497 e. The van der Waals surface area contributed by atoms with Gasteiger partial charge in [0.05, 0.1) is 20.8 Å². The van der Waals surface area contributed by atoms with Crippen LogP contribution in [-0.4, -0.2) is 26.8 Å². The van der Waals surface area contributed by atoms with Gasteiger partial charge in [-0.2, -0.15) is 0 Å². The Hall–Kier alpha value is -1.75. The molecule has 0 aliphatic carbocycles. The van der Waals surface area contributed by atoms with E-state index in [2.05, 4.69) is 0 Å². The van der Waals surface area contributed by atoms with E-state index in [0.717, 1.165) is 10.1 Å². The summed E-state index contributed by atoms with van der Waals surface area (Å²) in [6.07, 6.45) is 0. The maximum atomic E-state index is 11.7. The molecule has 4 nitrogen and oxygen atoms in total. The van der Waals surface area contributed by atoms with Crippen LogP contribution in [0.2, 0.25) is 0 Å². The predicted octanol–water partition coefficient (Wildman–Crippen LogP) is 3.10. The Labute approximate surface area is 109 Å². The number of carbonyl (C=O) groups excluding carboxylic acids is 1. The summed E-state index contributed by atoms with van der Waals surface area (Å²) >= 11 is 1.37. The lowest BCUT2D eigenvalue weighted by atomic mass is 10.2. The van der Waals surface area contributed by atoms with E-state index in [-0.39, 0.29) is 5.97 Å². The lowest BCUT2D eigenvalue weighted by Crippen LogP contribution is -2.01. The van der Waals surface area contributed by atoms with Crippen molar-refractivity contribution in [3.8, 4) is 11.5 Å². The topological polar surface area (TPSA) is 44.8 Å². The molecule has 0 fully saturated rings. The maximum Gasteiger partial charge on any atom is 0.348 e. The lowest BCUT2D eigenvalue weighted by Gasteiger charge is -2.04. The Morgan fingerprint density at radius 2 is 2.00 bits per heavy atom. The number of thiophene rings is 1. The standard InChI is InChI=1S/C13H14O4S/c1-4-17-13(14)12-7-9-10(16-3)5-8(15-2)6-11(9)18-12/h5-7H,4H2,1-3H3. The van der Waals surface area contributed by atoms with Gasteiger partial charge in [0.1, 0.15) is 16.4 Å². The lowest BCUT2D eigenvalue weighted by molar-refractivity contribution is 0.0532. The fourth-order valence-electron chi connectivity index (χ4n) is 1.67. The Bertz CT molecular complexity index is 574. The van der Waals surface area contributed by atoms with Gasteiger partial charge in [-0.25, -0.2) is 4.79 Å². The second-order valence-electron chi connectivity index (χ2n) is 3.57.